The molecule has 0 aromatic heterocycles. The van der Waals surface area contributed by atoms with E-state index in [0.29, 0.717) is 30.5 Å². The molecule has 24 heavy (non-hydrogen) atoms. The second-order valence-corrected chi connectivity index (χ2v) is 7.95. The smallest absolute Gasteiger partial charge is 0.302 e. The van der Waals surface area contributed by atoms with Crippen molar-refractivity contribution in [3.05, 3.63) is 29.3 Å². The molecule has 3 aliphatic carbocycles. The van der Waals surface area contributed by atoms with E-state index < -0.39 is 0 Å². The van der Waals surface area contributed by atoms with Crippen LogP contribution in [0.2, 0.25) is 0 Å². The molecule has 4 nitrogen and oxygen atoms in total. The summed E-state index contributed by atoms with van der Waals surface area (Å²) in [5.41, 5.74) is 1.99. The average molecular weight is 328 g/mol. The topological polar surface area (TPSA) is 63.6 Å². The monoisotopic (exact) mass is 328 g/mol. The fourth-order valence-corrected chi connectivity index (χ4v) is 5.72. The highest BCUT2D eigenvalue weighted by Gasteiger charge is 2.58. The third kappa shape index (κ3) is 2.19. The highest BCUT2D eigenvalue weighted by atomic mass is 16.5. The van der Waals surface area contributed by atoms with Crippen molar-refractivity contribution in [2.24, 2.45) is 17.3 Å². The Labute approximate surface area is 142 Å². The van der Waals surface area contributed by atoms with Gasteiger partial charge in [0.15, 0.2) is 0 Å². The lowest BCUT2D eigenvalue weighted by Gasteiger charge is -2.51. The molecule has 0 heterocycles. The number of benzene rings is 1. The first-order valence-corrected chi connectivity index (χ1v) is 8.92. The summed E-state index contributed by atoms with van der Waals surface area (Å²) < 4.78 is 5.72. The van der Waals surface area contributed by atoms with Crippen LogP contribution in [0.3, 0.4) is 0 Å². The summed E-state index contributed by atoms with van der Waals surface area (Å²) in [7, 11) is 0. The van der Waals surface area contributed by atoms with Crippen molar-refractivity contribution >= 4 is 11.8 Å². The van der Waals surface area contributed by atoms with Gasteiger partial charge in [0, 0.05) is 24.7 Å². The molecule has 3 aliphatic rings. The Morgan fingerprint density at radius 3 is 2.83 bits per heavy atom. The van der Waals surface area contributed by atoms with E-state index in [0.717, 1.165) is 24.8 Å². The van der Waals surface area contributed by atoms with Crippen molar-refractivity contribution < 1.29 is 19.4 Å². The lowest BCUT2D eigenvalue weighted by Crippen LogP contribution is -2.50. The SMILES string of the molecule is CC(=O)OC1C[C@]2(C)C(=O)CC[C@H]2[C@@H]2CCc3cc(O)ccc3[C@@H]12. The molecule has 1 aromatic carbocycles. The van der Waals surface area contributed by atoms with E-state index in [2.05, 4.69) is 6.92 Å². The molecule has 1 unspecified atom stereocenters. The Kier molecular flexibility index (Phi) is 3.48. The average Bonchev–Trinajstić information content (AvgIpc) is 2.81. The summed E-state index contributed by atoms with van der Waals surface area (Å²) in [5.74, 6) is 1.23. The normalized spacial score (nSPS) is 37.3. The third-order valence-electron chi connectivity index (χ3n) is 6.69. The minimum atomic E-state index is -0.351. The molecule has 2 saturated carbocycles. The summed E-state index contributed by atoms with van der Waals surface area (Å²) in [6.45, 7) is 3.52. The van der Waals surface area contributed by atoms with Crippen LogP contribution in [0, 0.1) is 17.3 Å². The van der Waals surface area contributed by atoms with Crippen LogP contribution in [0.4, 0.5) is 0 Å². The Balaban J connectivity index is 1.79. The predicted molar refractivity (Wildman–Crippen MR) is 88.7 cm³/mol. The molecule has 128 valence electrons. The quantitative estimate of drug-likeness (QED) is 0.803. The van der Waals surface area contributed by atoms with Gasteiger partial charge in [-0.2, -0.15) is 0 Å². The Morgan fingerprint density at radius 1 is 1.29 bits per heavy atom. The van der Waals surface area contributed by atoms with Crippen molar-refractivity contribution in [2.75, 3.05) is 0 Å². The summed E-state index contributed by atoms with van der Waals surface area (Å²) in [5, 5.41) is 9.79. The molecule has 0 saturated heterocycles. The summed E-state index contributed by atoms with van der Waals surface area (Å²) in [6.07, 6.45) is 3.89. The number of rotatable bonds is 1. The summed E-state index contributed by atoms with van der Waals surface area (Å²) >= 11 is 0. The van der Waals surface area contributed by atoms with Crippen molar-refractivity contribution in [1.29, 1.82) is 0 Å². The van der Waals surface area contributed by atoms with Crippen LogP contribution in [0.25, 0.3) is 0 Å². The number of Topliss-reactive ketones (excluding diaryl/α,β-unsaturated/α-hetero) is 1. The molecule has 5 atom stereocenters. The number of phenols is 1. The number of phenolic OH excluding ortho intramolecular Hbond substituents is 1. The Bertz CT molecular complexity index is 710. The number of ketones is 1. The number of fused-ring (bicyclic) bond motifs is 5. The van der Waals surface area contributed by atoms with E-state index in [-0.39, 0.29) is 29.2 Å². The van der Waals surface area contributed by atoms with E-state index in [1.165, 1.54) is 12.5 Å². The molecule has 0 radical (unpaired) electrons. The number of esters is 1. The van der Waals surface area contributed by atoms with Gasteiger partial charge in [-0.1, -0.05) is 13.0 Å². The molecule has 1 N–H and O–H groups in total. The second kappa shape index (κ2) is 5.33. The standard InChI is InChI=1S/C20H24O4/c1-11(21)24-17-10-20(2)16(7-8-18(20)23)15-5-3-12-9-13(22)4-6-14(12)19(15)17/h4,6,9,15-17,19,22H,3,5,7-8,10H2,1-2H3/t15-,16-,17?,19+,20-/m0/s1. The van der Waals surface area contributed by atoms with Gasteiger partial charge < -0.3 is 9.84 Å². The summed E-state index contributed by atoms with van der Waals surface area (Å²) in [6, 6.07) is 5.54. The highest BCUT2D eigenvalue weighted by Crippen LogP contribution is 2.60. The first kappa shape index (κ1) is 15.7. The lowest BCUT2D eigenvalue weighted by atomic mass is 9.54. The van der Waals surface area contributed by atoms with Crippen LogP contribution in [0.15, 0.2) is 18.2 Å². The third-order valence-corrected chi connectivity index (χ3v) is 6.69. The molecular formula is C20H24O4. The fourth-order valence-electron chi connectivity index (χ4n) is 5.72. The minimum absolute atomic E-state index is 0.141. The largest absolute Gasteiger partial charge is 0.508 e. The van der Waals surface area contributed by atoms with Gasteiger partial charge in [-0.05, 0) is 60.8 Å². The zero-order valence-corrected chi connectivity index (χ0v) is 14.2. The lowest BCUT2D eigenvalue weighted by molar-refractivity contribution is -0.158. The fraction of sp³-hybridized carbons (Fsp3) is 0.600. The molecule has 2 fully saturated rings. The minimum Gasteiger partial charge on any atom is -0.508 e. The van der Waals surface area contributed by atoms with Gasteiger partial charge in [0.2, 0.25) is 0 Å². The second-order valence-electron chi connectivity index (χ2n) is 7.95. The first-order chi connectivity index (χ1) is 11.4. The van der Waals surface area contributed by atoms with Crippen molar-refractivity contribution in [3.8, 4) is 5.75 Å². The number of hydrogen-bond acceptors (Lipinski definition) is 4. The highest BCUT2D eigenvalue weighted by molar-refractivity contribution is 5.87. The zero-order valence-electron chi connectivity index (χ0n) is 14.2. The molecule has 0 amide bonds. The van der Waals surface area contributed by atoms with E-state index in [4.69, 9.17) is 4.74 Å². The number of carbonyl (C=O) groups excluding carboxylic acids is 2. The van der Waals surface area contributed by atoms with Gasteiger partial charge in [-0.25, -0.2) is 0 Å². The van der Waals surface area contributed by atoms with Crippen LogP contribution in [-0.2, 0) is 20.7 Å². The van der Waals surface area contributed by atoms with Crippen molar-refractivity contribution in [1.82, 2.24) is 0 Å². The molecule has 0 bridgehead atoms. The van der Waals surface area contributed by atoms with E-state index in [1.54, 1.807) is 6.07 Å². The Morgan fingerprint density at radius 2 is 2.08 bits per heavy atom. The van der Waals surface area contributed by atoms with Crippen molar-refractivity contribution in [2.45, 2.75) is 58.0 Å². The van der Waals surface area contributed by atoms with Crippen LogP contribution in [0.1, 0.15) is 56.6 Å². The van der Waals surface area contributed by atoms with Crippen LogP contribution >= 0.6 is 0 Å². The Hall–Kier alpha value is -1.84. The number of ether oxygens (including phenoxy) is 1. The molecular weight excluding hydrogens is 304 g/mol. The van der Waals surface area contributed by atoms with Gasteiger partial charge in [-0.15, -0.1) is 0 Å². The van der Waals surface area contributed by atoms with Gasteiger partial charge >= 0.3 is 5.97 Å². The van der Waals surface area contributed by atoms with Gasteiger partial charge in [0.1, 0.15) is 17.6 Å². The number of aromatic hydroxyl groups is 1. The maximum absolute atomic E-state index is 12.6. The van der Waals surface area contributed by atoms with Gasteiger partial charge in [0.25, 0.3) is 0 Å². The first-order valence-electron chi connectivity index (χ1n) is 8.92. The maximum Gasteiger partial charge on any atom is 0.302 e. The number of aryl methyl sites for hydroxylation is 1. The van der Waals surface area contributed by atoms with Crippen molar-refractivity contribution in [3.63, 3.8) is 0 Å². The van der Waals surface area contributed by atoms with Crippen LogP contribution < -0.4 is 0 Å². The predicted octanol–water partition coefficient (Wildman–Crippen LogP) is 3.36. The van der Waals surface area contributed by atoms with E-state index in [9.17, 15) is 14.7 Å². The van der Waals surface area contributed by atoms with E-state index >= 15 is 0 Å². The molecule has 4 rings (SSSR count). The van der Waals surface area contributed by atoms with Gasteiger partial charge in [0.05, 0.1) is 0 Å². The molecule has 1 aromatic rings. The van der Waals surface area contributed by atoms with Gasteiger partial charge in [-0.3, -0.25) is 9.59 Å². The molecule has 0 spiro atoms. The zero-order chi connectivity index (χ0) is 17.1. The van der Waals surface area contributed by atoms with Crippen LogP contribution in [0.5, 0.6) is 5.75 Å². The molecule has 0 aliphatic heterocycles. The maximum atomic E-state index is 12.6. The van der Waals surface area contributed by atoms with E-state index in [1.807, 2.05) is 12.1 Å². The number of carbonyl (C=O) groups is 2. The van der Waals surface area contributed by atoms with Crippen LogP contribution in [-0.4, -0.2) is 23.0 Å². The summed E-state index contributed by atoms with van der Waals surface area (Å²) in [4.78, 5) is 24.2. The number of hydrogen-bond donors (Lipinski definition) is 1. The molecule has 4 heteroatoms.